The van der Waals surface area contributed by atoms with Gasteiger partial charge in [0.15, 0.2) is 12.1 Å². The second-order valence-corrected chi connectivity index (χ2v) is 6.42. The van der Waals surface area contributed by atoms with Gasteiger partial charge in [0.25, 0.3) is 12.3 Å². The van der Waals surface area contributed by atoms with E-state index in [0.717, 1.165) is 12.1 Å². The molecule has 1 aromatic carbocycles. The number of carbonyl (C=O) groups excluding carboxylic acids is 1. The molecule has 0 aliphatic carbocycles. The monoisotopic (exact) mass is 469 g/mol. The molecule has 1 amide bonds. The lowest BCUT2D eigenvalue weighted by Crippen LogP contribution is -2.45. The first kappa shape index (κ1) is 24.9. The number of aliphatic imine (C=N–C) groups is 1. The van der Waals surface area contributed by atoms with Gasteiger partial charge >= 0.3 is 0 Å². The van der Waals surface area contributed by atoms with Gasteiger partial charge in [0.2, 0.25) is 5.88 Å². The molecule has 1 atom stereocenters. The van der Waals surface area contributed by atoms with Crippen molar-refractivity contribution in [3.63, 3.8) is 0 Å². The van der Waals surface area contributed by atoms with Gasteiger partial charge in [0.1, 0.15) is 24.0 Å². The molecule has 0 spiro atoms. The SMILES string of the molecule is CC#CCOc1cnc(C(=O)Nc2ccc(F)c([C@]3(C(F)F)COCC(N)=N3)c2)cn1.Cl. The highest BCUT2D eigenvalue weighted by atomic mass is 35.5. The Kier molecular flexibility index (Phi) is 8.40. The molecule has 32 heavy (non-hydrogen) atoms. The molecular weight excluding hydrogens is 451 g/mol. The van der Waals surface area contributed by atoms with Crippen molar-refractivity contribution in [2.75, 3.05) is 25.1 Å². The fraction of sp³-hybridized carbons (Fsp3) is 0.300. The normalized spacial score (nSPS) is 17.5. The Labute approximate surface area is 187 Å². The van der Waals surface area contributed by atoms with Crippen LogP contribution >= 0.6 is 12.4 Å². The standard InChI is InChI=1S/C20H18F3N5O3.ClH/c1-2-3-6-31-17-9-25-15(8-26-17)18(29)27-12-4-5-14(21)13(7-12)20(19(22)23)11-30-10-16(24)28-20;/h4-5,7-9,19H,6,10-11H2,1H3,(H2,24,28)(H,27,29);1H/t20-;/m0./s1. The van der Waals surface area contributed by atoms with Gasteiger partial charge in [-0.2, -0.15) is 0 Å². The summed E-state index contributed by atoms with van der Waals surface area (Å²) in [6.45, 7) is 1.09. The lowest BCUT2D eigenvalue weighted by Gasteiger charge is -2.33. The van der Waals surface area contributed by atoms with E-state index in [1.807, 2.05) is 0 Å². The Morgan fingerprint density at radius 1 is 1.38 bits per heavy atom. The molecule has 8 nitrogen and oxygen atoms in total. The zero-order valence-corrected chi connectivity index (χ0v) is 17.6. The Balaban J connectivity index is 0.00000363. The number of amides is 1. The molecular formula is C20H19ClF3N5O3. The zero-order valence-electron chi connectivity index (χ0n) is 16.8. The molecule has 1 aliphatic rings. The van der Waals surface area contributed by atoms with Crippen LogP contribution in [0.5, 0.6) is 5.88 Å². The van der Waals surface area contributed by atoms with E-state index in [2.05, 4.69) is 32.1 Å². The smallest absolute Gasteiger partial charge is 0.275 e. The van der Waals surface area contributed by atoms with Crippen molar-refractivity contribution in [1.29, 1.82) is 0 Å². The van der Waals surface area contributed by atoms with Gasteiger partial charge in [-0.15, -0.1) is 18.3 Å². The summed E-state index contributed by atoms with van der Waals surface area (Å²) in [7, 11) is 0. The molecule has 2 aromatic rings. The second-order valence-electron chi connectivity index (χ2n) is 6.42. The van der Waals surface area contributed by atoms with Gasteiger partial charge in [-0.1, -0.05) is 5.92 Å². The number of halogens is 4. The van der Waals surface area contributed by atoms with E-state index in [1.54, 1.807) is 6.92 Å². The molecule has 1 aromatic heterocycles. The summed E-state index contributed by atoms with van der Waals surface area (Å²) in [6.07, 6.45) is -0.678. The van der Waals surface area contributed by atoms with Crippen LogP contribution in [0.15, 0.2) is 35.6 Å². The number of ether oxygens (including phenoxy) is 2. The van der Waals surface area contributed by atoms with Crippen LogP contribution in [-0.2, 0) is 10.3 Å². The first-order valence-corrected chi connectivity index (χ1v) is 9.01. The summed E-state index contributed by atoms with van der Waals surface area (Å²) in [5.74, 6) is 3.73. The predicted octanol–water partition coefficient (Wildman–Crippen LogP) is 2.54. The van der Waals surface area contributed by atoms with Crippen LogP contribution in [0.25, 0.3) is 0 Å². The molecule has 1 aliphatic heterocycles. The van der Waals surface area contributed by atoms with E-state index >= 15 is 0 Å². The third-order valence-corrected chi connectivity index (χ3v) is 4.30. The number of rotatable bonds is 6. The first-order valence-electron chi connectivity index (χ1n) is 9.01. The maximum absolute atomic E-state index is 14.5. The van der Waals surface area contributed by atoms with Gasteiger partial charge in [0, 0.05) is 11.3 Å². The van der Waals surface area contributed by atoms with Crippen LogP contribution in [0, 0.1) is 17.7 Å². The third-order valence-electron chi connectivity index (χ3n) is 4.30. The maximum atomic E-state index is 14.5. The largest absolute Gasteiger partial charge is 0.463 e. The van der Waals surface area contributed by atoms with Gasteiger partial charge in [-0.25, -0.2) is 23.1 Å². The number of benzene rings is 1. The number of hydrogen-bond donors (Lipinski definition) is 2. The molecule has 2 heterocycles. The molecule has 12 heteroatoms. The summed E-state index contributed by atoms with van der Waals surface area (Å²) in [4.78, 5) is 24.1. The Hall–Kier alpha value is -3.36. The molecule has 0 saturated heterocycles. The second kappa shape index (κ2) is 10.8. The zero-order chi connectivity index (χ0) is 22.4. The molecule has 0 radical (unpaired) electrons. The number of aromatic nitrogens is 2. The fourth-order valence-corrected chi connectivity index (χ4v) is 2.82. The van der Waals surface area contributed by atoms with Crippen LogP contribution in [0.2, 0.25) is 0 Å². The minimum Gasteiger partial charge on any atom is -0.463 e. The minimum absolute atomic E-state index is 0. The van der Waals surface area contributed by atoms with Gasteiger partial charge in [0.05, 0.1) is 19.0 Å². The van der Waals surface area contributed by atoms with Crippen LogP contribution < -0.4 is 15.8 Å². The lowest BCUT2D eigenvalue weighted by molar-refractivity contribution is -0.0145. The molecule has 0 fully saturated rings. The van der Waals surface area contributed by atoms with Gasteiger partial charge < -0.3 is 20.5 Å². The number of amidine groups is 1. The summed E-state index contributed by atoms with van der Waals surface area (Å²) in [6, 6.07) is 3.24. The number of hydrogen-bond acceptors (Lipinski definition) is 7. The Morgan fingerprint density at radius 2 is 2.16 bits per heavy atom. The van der Waals surface area contributed by atoms with Gasteiger partial charge in [-0.3, -0.25) is 9.79 Å². The molecule has 3 rings (SSSR count). The molecule has 3 N–H and O–H groups in total. The Bertz CT molecular complexity index is 1060. The van der Waals surface area contributed by atoms with Crippen LogP contribution in [0.1, 0.15) is 23.0 Å². The summed E-state index contributed by atoms with van der Waals surface area (Å²) in [5.41, 5.74) is 2.78. The number of anilines is 1. The average molecular weight is 470 g/mol. The Morgan fingerprint density at radius 3 is 2.78 bits per heavy atom. The summed E-state index contributed by atoms with van der Waals surface area (Å²) < 4.78 is 52.5. The van der Waals surface area contributed by atoms with Crippen molar-refractivity contribution in [2.24, 2.45) is 10.7 Å². The number of alkyl halides is 2. The van der Waals surface area contributed by atoms with Gasteiger partial charge in [-0.05, 0) is 25.1 Å². The maximum Gasteiger partial charge on any atom is 0.275 e. The third kappa shape index (κ3) is 5.46. The van der Waals surface area contributed by atoms with E-state index in [-0.39, 0.29) is 48.7 Å². The van der Waals surface area contributed by atoms with E-state index in [4.69, 9.17) is 15.2 Å². The van der Waals surface area contributed by atoms with Crippen molar-refractivity contribution in [2.45, 2.75) is 18.9 Å². The minimum atomic E-state index is -3.09. The van der Waals surface area contributed by atoms with Crippen LogP contribution in [-0.4, -0.2) is 48.0 Å². The summed E-state index contributed by atoms with van der Waals surface area (Å²) >= 11 is 0. The highest BCUT2D eigenvalue weighted by Crippen LogP contribution is 2.38. The van der Waals surface area contributed by atoms with Crippen LogP contribution in [0.3, 0.4) is 0 Å². The average Bonchev–Trinajstić information content (AvgIpc) is 2.75. The fourth-order valence-electron chi connectivity index (χ4n) is 2.82. The van der Waals surface area contributed by atoms with Crippen molar-refractivity contribution in [1.82, 2.24) is 9.97 Å². The van der Waals surface area contributed by atoms with Crippen molar-refractivity contribution in [3.8, 4) is 17.7 Å². The van der Waals surface area contributed by atoms with E-state index in [9.17, 15) is 18.0 Å². The van der Waals surface area contributed by atoms with E-state index < -0.39 is 35.9 Å². The van der Waals surface area contributed by atoms with Crippen molar-refractivity contribution in [3.05, 3.63) is 47.7 Å². The molecule has 0 saturated carbocycles. The topological polar surface area (TPSA) is 112 Å². The van der Waals surface area contributed by atoms with E-state index in [1.165, 1.54) is 18.5 Å². The summed E-state index contributed by atoms with van der Waals surface area (Å²) in [5, 5.41) is 2.47. The number of nitrogens with two attached hydrogens (primary N) is 1. The highest BCUT2D eigenvalue weighted by molar-refractivity contribution is 6.02. The quantitative estimate of drug-likeness (QED) is 0.629. The van der Waals surface area contributed by atoms with Crippen molar-refractivity contribution < 1.29 is 27.4 Å². The number of nitrogens with zero attached hydrogens (tertiary/aromatic N) is 3. The molecule has 170 valence electrons. The number of nitrogens with one attached hydrogen (secondary N) is 1. The van der Waals surface area contributed by atoms with Crippen LogP contribution in [0.4, 0.5) is 18.9 Å². The van der Waals surface area contributed by atoms with Crippen molar-refractivity contribution >= 4 is 29.8 Å². The highest BCUT2D eigenvalue weighted by Gasteiger charge is 2.46. The molecule has 0 bridgehead atoms. The molecule has 0 unspecified atom stereocenters. The first-order chi connectivity index (χ1) is 14.9. The predicted molar refractivity (Wildman–Crippen MR) is 113 cm³/mol. The number of carbonyl (C=O) groups is 1. The van der Waals surface area contributed by atoms with E-state index in [0.29, 0.717) is 0 Å². The lowest BCUT2D eigenvalue weighted by atomic mass is 9.90.